The zero-order valence-corrected chi connectivity index (χ0v) is 17.6. The average Bonchev–Trinajstić information content (AvgIpc) is 3.17. The van der Waals surface area contributed by atoms with Crippen LogP contribution in [0.1, 0.15) is 22.2 Å². The molecule has 1 aliphatic rings. The molecule has 1 aliphatic heterocycles. The molecule has 2 N–H and O–H groups in total. The molecule has 5 rings (SSSR count). The third kappa shape index (κ3) is 3.45. The van der Waals surface area contributed by atoms with Gasteiger partial charge in [-0.25, -0.2) is 9.78 Å². The van der Waals surface area contributed by atoms with Gasteiger partial charge in [-0.15, -0.1) is 11.3 Å². The Morgan fingerprint density at radius 2 is 1.72 bits per heavy atom. The summed E-state index contributed by atoms with van der Waals surface area (Å²) in [5, 5.41) is 7.01. The molecule has 29 heavy (non-hydrogen) atoms. The van der Waals surface area contributed by atoms with Crippen molar-refractivity contribution in [2.75, 3.05) is 0 Å². The van der Waals surface area contributed by atoms with Crippen LogP contribution in [0, 0.1) is 0 Å². The molecule has 4 aromatic rings. The highest BCUT2D eigenvalue weighted by Crippen LogP contribution is 2.41. The fourth-order valence-corrected chi connectivity index (χ4v) is 5.01. The van der Waals surface area contributed by atoms with Crippen LogP contribution >= 0.6 is 27.3 Å². The zero-order chi connectivity index (χ0) is 19.8. The van der Waals surface area contributed by atoms with Crippen molar-refractivity contribution in [3.8, 4) is 0 Å². The number of aromatic nitrogens is 1. The van der Waals surface area contributed by atoms with Gasteiger partial charge in [0.25, 0.3) is 0 Å². The van der Waals surface area contributed by atoms with Crippen LogP contribution in [0.2, 0.25) is 0 Å². The Bertz CT molecular complexity index is 1220. The predicted molar refractivity (Wildman–Crippen MR) is 121 cm³/mol. The van der Waals surface area contributed by atoms with E-state index in [1.54, 1.807) is 11.3 Å². The van der Waals surface area contributed by atoms with Crippen molar-refractivity contribution >= 4 is 54.8 Å². The van der Waals surface area contributed by atoms with Gasteiger partial charge in [0.15, 0.2) is 0 Å². The largest absolute Gasteiger partial charge is 0.327 e. The quantitative estimate of drug-likeness (QED) is 0.394. The summed E-state index contributed by atoms with van der Waals surface area (Å²) >= 11 is 5.18. The van der Waals surface area contributed by atoms with Crippen molar-refractivity contribution < 1.29 is 4.79 Å². The Kier molecular flexibility index (Phi) is 4.66. The lowest BCUT2D eigenvalue weighted by Crippen LogP contribution is -2.42. The minimum atomic E-state index is -0.308. The highest BCUT2D eigenvalue weighted by Gasteiger charge is 2.32. The van der Waals surface area contributed by atoms with Gasteiger partial charge in [0.05, 0.1) is 22.0 Å². The molecular weight excluding hydrogens is 446 g/mol. The molecule has 0 saturated carbocycles. The smallest absolute Gasteiger partial charge is 0.320 e. The molecule has 1 unspecified atom stereocenters. The van der Waals surface area contributed by atoms with Crippen molar-refractivity contribution in [3.05, 3.63) is 99.5 Å². The molecule has 1 aromatic heterocycles. The highest BCUT2D eigenvalue weighted by molar-refractivity contribution is 9.10. The second kappa shape index (κ2) is 7.46. The first kappa shape index (κ1) is 18.1. The average molecular weight is 462 g/mol. The van der Waals surface area contributed by atoms with Crippen molar-refractivity contribution in [2.45, 2.75) is 6.04 Å². The van der Waals surface area contributed by atoms with Crippen molar-refractivity contribution in [2.24, 2.45) is 0 Å². The van der Waals surface area contributed by atoms with Gasteiger partial charge in [-0.05, 0) is 35.4 Å². The fourth-order valence-electron chi connectivity index (χ4n) is 3.55. The number of benzene rings is 3. The lowest BCUT2D eigenvalue weighted by molar-refractivity contribution is 0.242. The van der Waals surface area contributed by atoms with E-state index in [-0.39, 0.29) is 12.1 Å². The topological polar surface area (TPSA) is 54.0 Å². The molecule has 0 aliphatic carbocycles. The third-order valence-electron chi connectivity index (χ3n) is 4.84. The Morgan fingerprint density at radius 1 is 0.931 bits per heavy atom. The summed E-state index contributed by atoms with van der Waals surface area (Å²) in [5.41, 5.74) is 4.67. The Balaban J connectivity index is 1.78. The Labute approximate surface area is 180 Å². The minimum Gasteiger partial charge on any atom is -0.327 e. The first-order valence-electron chi connectivity index (χ1n) is 9.17. The van der Waals surface area contributed by atoms with E-state index >= 15 is 0 Å². The summed E-state index contributed by atoms with van der Waals surface area (Å²) in [5.74, 6) is 0. The van der Waals surface area contributed by atoms with E-state index in [0.29, 0.717) is 0 Å². The maximum Gasteiger partial charge on any atom is 0.320 e. The standard InChI is InChI=1S/C23H16BrN3OS/c24-16-10-6-9-15(13-16)21-19(22-25-17-11-4-5-12-18(17)29-22)20(26-23(28)27-21)14-7-2-1-3-8-14/h1-13,21H,(H2,26,27,28). The summed E-state index contributed by atoms with van der Waals surface area (Å²) in [6, 6.07) is 25.5. The second-order valence-electron chi connectivity index (χ2n) is 6.73. The number of amides is 2. The van der Waals surface area contributed by atoms with Gasteiger partial charge in [0.1, 0.15) is 5.01 Å². The SMILES string of the molecule is O=C1NC(c2ccccc2)=C(c2nc3ccccc3s2)C(c2cccc(Br)c2)N1. The number of fused-ring (bicyclic) bond motifs is 1. The number of urea groups is 1. The lowest BCUT2D eigenvalue weighted by atomic mass is 9.93. The predicted octanol–water partition coefficient (Wildman–Crippen LogP) is 5.98. The first-order chi connectivity index (χ1) is 14.2. The maximum atomic E-state index is 12.6. The summed E-state index contributed by atoms with van der Waals surface area (Å²) < 4.78 is 2.08. The summed E-state index contributed by atoms with van der Waals surface area (Å²) in [6.45, 7) is 0. The fraction of sp³-hybridized carbons (Fsp3) is 0.0435. The van der Waals surface area contributed by atoms with Gasteiger partial charge in [-0.1, -0.05) is 70.5 Å². The summed E-state index contributed by atoms with van der Waals surface area (Å²) in [7, 11) is 0. The zero-order valence-electron chi connectivity index (χ0n) is 15.2. The molecule has 142 valence electrons. The Hall–Kier alpha value is -2.96. The van der Waals surface area contributed by atoms with Crippen molar-refractivity contribution in [3.63, 3.8) is 0 Å². The van der Waals surface area contributed by atoms with Crippen LogP contribution in [0.3, 0.4) is 0 Å². The number of hydrogen-bond donors (Lipinski definition) is 2. The van der Waals surface area contributed by atoms with Crippen molar-refractivity contribution in [1.82, 2.24) is 15.6 Å². The number of thiazole rings is 1. The number of carbonyl (C=O) groups is 1. The number of halogens is 1. The highest BCUT2D eigenvalue weighted by atomic mass is 79.9. The van der Waals surface area contributed by atoms with E-state index in [1.165, 1.54) is 0 Å². The van der Waals surface area contributed by atoms with Gasteiger partial charge in [-0.3, -0.25) is 0 Å². The second-order valence-corrected chi connectivity index (χ2v) is 8.67. The van der Waals surface area contributed by atoms with Crippen LogP contribution in [0.15, 0.2) is 83.3 Å². The number of hydrogen-bond acceptors (Lipinski definition) is 3. The van der Waals surface area contributed by atoms with Gasteiger partial charge < -0.3 is 10.6 Å². The maximum absolute atomic E-state index is 12.6. The number of carbonyl (C=O) groups excluding carboxylic acids is 1. The molecule has 0 fully saturated rings. The number of para-hydroxylation sites is 1. The molecule has 2 heterocycles. The number of nitrogens with one attached hydrogen (secondary N) is 2. The number of nitrogens with zero attached hydrogens (tertiary/aromatic N) is 1. The van der Waals surface area contributed by atoms with E-state index in [9.17, 15) is 4.79 Å². The van der Waals surface area contributed by atoms with Gasteiger partial charge >= 0.3 is 6.03 Å². The van der Waals surface area contributed by atoms with Crippen LogP contribution < -0.4 is 10.6 Å². The lowest BCUT2D eigenvalue weighted by Gasteiger charge is -2.30. The van der Waals surface area contributed by atoms with Crippen LogP contribution in [0.25, 0.3) is 21.5 Å². The molecular formula is C23H16BrN3OS. The van der Waals surface area contributed by atoms with Crippen LogP contribution in [0.5, 0.6) is 0 Å². The van der Waals surface area contributed by atoms with Crippen LogP contribution in [-0.2, 0) is 0 Å². The first-order valence-corrected chi connectivity index (χ1v) is 10.8. The molecule has 2 amide bonds. The minimum absolute atomic E-state index is 0.223. The van der Waals surface area contributed by atoms with E-state index in [2.05, 4.69) is 32.6 Å². The van der Waals surface area contributed by atoms with Gasteiger partial charge in [0, 0.05) is 10.0 Å². The summed E-state index contributed by atoms with van der Waals surface area (Å²) in [4.78, 5) is 17.5. The molecule has 0 radical (unpaired) electrons. The van der Waals surface area contributed by atoms with E-state index in [0.717, 1.165) is 42.1 Å². The molecule has 6 heteroatoms. The van der Waals surface area contributed by atoms with Crippen molar-refractivity contribution in [1.29, 1.82) is 0 Å². The van der Waals surface area contributed by atoms with Gasteiger partial charge in [-0.2, -0.15) is 0 Å². The summed E-state index contributed by atoms with van der Waals surface area (Å²) in [6.07, 6.45) is 0. The third-order valence-corrected chi connectivity index (χ3v) is 6.40. The van der Waals surface area contributed by atoms with E-state index in [1.807, 2.05) is 72.8 Å². The molecule has 0 bridgehead atoms. The molecule has 0 saturated heterocycles. The molecule has 1 atom stereocenters. The normalized spacial score (nSPS) is 16.6. The molecule has 0 spiro atoms. The monoisotopic (exact) mass is 461 g/mol. The van der Waals surface area contributed by atoms with E-state index < -0.39 is 0 Å². The Morgan fingerprint density at radius 3 is 2.52 bits per heavy atom. The van der Waals surface area contributed by atoms with Crippen LogP contribution in [-0.4, -0.2) is 11.0 Å². The molecule has 3 aromatic carbocycles. The van der Waals surface area contributed by atoms with E-state index in [4.69, 9.17) is 4.98 Å². The number of rotatable bonds is 3. The molecule has 4 nitrogen and oxygen atoms in total. The van der Waals surface area contributed by atoms with Crippen LogP contribution in [0.4, 0.5) is 4.79 Å². The van der Waals surface area contributed by atoms with Gasteiger partial charge in [0.2, 0.25) is 0 Å².